The van der Waals surface area contributed by atoms with Gasteiger partial charge in [0.2, 0.25) is 0 Å². The highest BCUT2D eigenvalue weighted by molar-refractivity contribution is 5.78. The maximum absolute atomic E-state index is 5.95. The van der Waals surface area contributed by atoms with E-state index in [0.29, 0.717) is 5.92 Å². The number of nitrogens with two attached hydrogens (primary N) is 1. The second-order valence-electron chi connectivity index (χ2n) is 5.78. The van der Waals surface area contributed by atoms with Gasteiger partial charge < -0.3 is 15.4 Å². The summed E-state index contributed by atoms with van der Waals surface area (Å²) >= 11 is 0. The van der Waals surface area contributed by atoms with E-state index in [-0.39, 0.29) is 5.60 Å². The third kappa shape index (κ3) is 2.28. The van der Waals surface area contributed by atoms with Crippen LogP contribution in [-0.2, 0) is 4.74 Å². The van der Waals surface area contributed by atoms with E-state index < -0.39 is 0 Å². The molecule has 0 aromatic carbocycles. The molecule has 1 spiro atoms. The molecule has 3 fully saturated rings. The summed E-state index contributed by atoms with van der Waals surface area (Å²) in [6.45, 7) is 4.00. The Bertz CT molecular complexity index is 308. The zero-order valence-electron chi connectivity index (χ0n) is 10.5. The fraction of sp³-hybridized carbons (Fsp3) is 0.923. The van der Waals surface area contributed by atoms with Gasteiger partial charge in [-0.05, 0) is 44.4 Å². The Morgan fingerprint density at radius 3 is 2.76 bits per heavy atom. The van der Waals surface area contributed by atoms with Crippen LogP contribution in [0.5, 0.6) is 0 Å². The molecule has 2 heterocycles. The molecule has 96 valence electrons. The topological polar surface area (TPSA) is 50.9 Å². The van der Waals surface area contributed by atoms with Crippen LogP contribution in [0.3, 0.4) is 0 Å². The summed E-state index contributed by atoms with van der Waals surface area (Å²) in [6, 6.07) is 0. The van der Waals surface area contributed by atoms with Gasteiger partial charge in [-0.2, -0.15) is 0 Å². The van der Waals surface area contributed by atoms with Gasteiger partial charge in [0.1, 0.15) is 0 Å². The largest absolute Gasteiger partial charge is 0.375 e. The highest BCUT2D eigenvalue weighted by Gasteiger charge is 2.42. The van der Waals surface area contributed by atoms with Gasteiger partial charge in [-0.15, -0.1) is 0 Å². The zero-order valence-corrected chi connectivity index (χ0v) is 10.5. The molecule has 3 aliphatic rings. The van der Waals surface area contributed by atoms with Crippen LogP contribution in [0, 0.1) is 5.92 Å². The maximum atomic E-state index is 5.95. The smallest absolute Gasteiger partial charge is 0.191 e. The molecule has 4 heteroatoms. The zero-order chi connectivity index (χ0) is 11.7. The minimum atomic E-state index is 0.240. The molecular formula is C13H23N3O. The lowest BCUT2D eigenvalue weighted by atomic mass is 9.72. The van der Waals surface area contributed by atoms with Crippen molar-refractivity contribution in [2.24, 2.45) is 16.6 Å². The molecule has 2 N–H and O–H groups in total. The molecule has 1 unspecified atom stereocenters. The molecule has 1 atom stereocenters. The Labute approximate surface area is 103 Å². The van der Waals surface area contributed by atoms with Crippen LogP contribution in [0.1, 0.15) is 38.5 Å². The van der Waals surface area contributed by atoms with Gasteiger partial charge in [0.05, 0.1) is 5.60 Å². The first kappa shape index (κ1) is 11.3. The summed E-state index contributed by atoms with van der Waals surface area (Å²) in [6.07, 6.45) is 7.47. The second-order valence-corrected chi connectivity index (χ2v) is 5.78. The Morgan fingerprint density at radius 1 is 1.35 bits per heavy atom. The van der Waals surface area contributed by atoms with Crippen LogP contribution in [0.2, 0.25) is 0 Å². The molecule has 0 radical (unpaired) electrons. The highest BCUT2D eigenvalue weighted by atomic mass is 16.5. The summed E-state index contributed by atoms with van der Waals surface area (Å²) in [5.74, 6) is 1.44. The molecule has 2 aliphatic heterocycles. The molecule has 0 bridgehead atoms. The summed E-state index contributed by atoms with van der Waals surface area (Å²) < 4.78 is 5.93. The summed E-state index contributed by atoms with van der Waals surface area (Å²) in [7, 11) is 0. The van der Waals surface area contributed by atoms with Crippen molar-refractivity contribution in [2.75, 3.05) is 26.2 Å². The van der Waals surface area contributed by atoms with E-state index in [1.165, 1.54) is 32.1 Å². The van der Waals surface area contributed by atoms with Gasteiger partial charge >= 0.3 is 0 Å². The first-order valence-electron chi connectivity index (χ1n) is 6.96. The van der Waals surface area contributed by atoms with Crippen LogP contribution in [0.15, 0.2) is 4.99 Å². The van der Waals surface area contributed by atoms with Gasteiger partial charge in [0.25, 0.3) is 0 Å². The first-order chi connectivity index (χ1) is 8.27. The van der Waals surface area contributed by atoms with Crippen LogP contribution < -0.4 is 5.73 Å². The lowest BCUT2D eigenvalue weighted by Crippen LogP contribution is -2.47. The standard InChI is InChI=1S/C13H23N3O/c14-12(16-6-2-7-16)15-10-11-3-8-17-13(9-11)4-1-5-13/h11H,1-10H2,(H2,14,15). The van der Waals surface area contributed by atoms with E-state index in [2.05, 4.69) is 9.89 Å². The summed E-state index contributed by atoms with van der Waals surface area (Å²) in [5.41, 5.74) is 6.19. The molecular weight excluding hydrogens is 214 g/mol. The summed E-state index contributed by atoms with van der Waals surface area (Å²) in [4.78, 5) is 6.72. The lowest BCUT2D eigenvalue weighted by Gasteiger charge is -2.47. The molecule has 1 aliphatic carbocycles. The fourth-order valence-electron chi connectivity index (χ4n) is 3.07. The van der Waals surface area contributed by atoms with Gasteiger partial charge in [0.15, 0.2) is 5.96 Å². The van der Waals surface area contributed by atoms with E-state index in [9.17, 15) is 0 Å². The average molecular weight is 237 g/mol. The van der Waals surface area contributed by atoms with Crippen molar-refractivity contribution < 1.29 is 4.74 Å². The van der Waals surface area contributed by atoms with Crippen molar-refractivity contribution in [1.82, 2.24) is 4.90 Å². The van der Waals surface area contributed by atoms with Crippen molar-refractivity contribution in [3.63, 3.8) is 0 Å². The van der Waals surface area contributed by atoms with Gasteiger partial charge in [-0.3, -0.25) is 4.99 Å². The SMILES string of the molecule is NC(=NCC1CCOC2(CCC2)C1)N1CCC1. The Hall–Kier alpha value is -0.770. The molecule has 2 saturated heterocycles. The Morgan fingerprint density at radius 2 is 2.18 bits per heavy atom. The minimum absolute atomic E-state index is 0.240. The van der Waals surface area contributed by atoms with Crippen LogP contribution in [0.4, 0.5) is 0 Å². The minimum Gasteiger partial charge on any atom is -0.375 e. The first-order valence-corrected chi connectivity index (χ1v) is 6.96. The van der Waals surface area contributed by atoms with Gasteiger partial charge in [-0.25, -0.2) is 0 Å². The number of rotatable bonds is 2. The number of nitrogens with zero attached hydrogens (tertiary/aromatic N) is 2. The van der Waals surface area contributed by atoms with Crippen LogP contribution in [-0.4, -0.2) is 42.7 Å². The van der Waals surface area contributed by atoms with E-state index in [1.807, 2.05) is 0 Å². The fourth-order valence-corrected chi connectivity index (χ4v) is 3.07. The normalized spacial score (nSPS) is 32.1. The number of guanidine groups is 1. The average Bonchev–Trinajstić information content (AvgIpc) is 2.22. The Kier molecular flexibility index (Phi) is 2.99. The van der Waals surface area contributed by atoms with E-state index in [4.69, 9.17) is 10.5 Å². The molecule has 0 aromatic rings. The van der Waals surface area contributed by atoms with Crippen molar-refractivity contribution in [1.29, 1.82) is 0 Å². The van der Waals surface area contributed by atoms with Crippen molar-refractivity contribution in [3.05, 3.63) is 0 Å². The monoisotopic (exact) mass is 237 g/mol. The molecule has 17 heavy (non-hydrogen) atoms. The molecule has 0 aromatic heterocycles. The predicted molar refractivity (Wildman–Crippen MR) is 67.9 cm³/mol. The van der Waals surface area contributed by atoms with E-state index in [1.54, 1.807) is 0 Å². The third-order valence-corrected chi connectivity index (χ3v) is 4.55. The number of ether oxygens (including phenoxy) is 1. The van der Waals surface area contributed by atoms with Crippen LogP contribution in [0.25, 0.3) is 0 Å². The van der Waals surface area contributed by atoms with Crippen molar-refractivity contribution >= 4 is 5.96 Å². The molecule has 3 rings (SSSR count). The van der Waals surface area contributed by atoms with E-state index in [0.717, 1.165) is 38.6 Å². The highest BCUT2D eigenvalue weighted by Crippen LogP contribution is 2.44. The number of likely N-dealkylation sites (tertiary alicyclic amines) is 1. The quantitative estimate of drug-likeness (QED) is 0.583. The lowest BCUT2D eigenvalue weighted by molar-refractivity contribution is -0.141. The second kappa shape index (κ2) is 4.48. The summed E-state index contributed by atoms with van der Waals surface area (Å²) in [5, 5.41) is 0. The Balaban J connectivity index is 1.50. The molecule has 4 nitrogen and oxygen atoms in total. The number of hydrogen-bond donors (Lipinski definition) is 1. The third-order valence-electron chi connectivity index (χ3n) is 4.55. The van der Waals surface area contributed by atoms with Gasteiger partial charge in [0, 0.05) is 26.2 Å². The maximum Gasteiger partial charge on any atom is 0.191 e. The van der Waals surface area contributed by atoms with Crippen molar-refractivity contribution in [2.45, 2.75) is 44.1 Å². The van der Waals surface area contributed by atoms with Gasteiger partial charge in [-0.1, -0.05) is 0 Å². The molecule has 1 saturated carbocycles. The number of hydrogen-bond acceptors (Lipinski definition) is 2. The van der Waals surface area contributed by atoms with Crippen LogP contribution >= 0.6 is 0 Å². The number of aliphatic imine (C=N–C) groups is 1. The molecule has 0 amide bonds. The predicted octanol–water partition coefficient (Wildman–Crippen LogP) is 1.36. The van der Waals surface area contributed by atoms with E-state index >= 15 is 0 Å². The van der Waals surface area contributed by atoms with Crippen molar-refractivity contribution in [3.8, 4) is 0 Å².